The Morgan fingerprint density at radius 1 is 1.18 bits per heavy atom. The molecule has 1 nitrogen and oxygen atoms in total. The molecule has 0 saturated heterocycles. The second-order valence-corrected chi connectivity index (χ2v) is 5.63. The molecule has 0 aliphatic rings. The SMILES string of the molecule is C=CC[N+](C)(C)C(C)(C)Cc1ccccc1.[Cl-]. The number of hydrogen-bond donors (Lipinski definition) is 0. The van der Waals surface area contributed by atoms with Crippen LogP contribution in [-0.2, 0) is 6.42 Å². The van der Waals surface area contributed by atoms with E-state index in [0.29, 0.717) is 0 Å². The highest BCUT2D eigenvalue weighted by Gasteiger charge is 2.35. The van der Waals surface area contributed by atoms with Crippen LogP contribution >= 0.6 is 0 Å². The fraction of sp³-hybridized carbons (Fsp3) is 0.467. The zero-order valence-corrected chi connectivity index (χ0v) is 12.2. The second kappa shape index (κ2) is 6.23. The van der Waals surface area contributed by atoms with E-state index in [0.717, 1.165) is 17.4 Å². The quantitative estimate of drug-likeness (QED) is 0.522. The summed E-state index contributed by atoms with van der Waals surface area (Å²) in [5, 5.41) is 0. The van der Waals surface area contributed by atoms with E-state index in [2.05, 4.69) is 64.9 Å². The molecule has 0 bridgehead atoms. The first-order chi connectivity index (χ1) is 7.39. The van der Waals surface area contributed by atoms with Gasteiger partial charge in [0.05, 0.1) is 26.2 Å². The smallest absolute Gasteiger partial charge is 0.0974 e. The van der Waals surface area contributed by atoms with Gasteiger partial charge in [-0.05, 0) is 25.5 Å². The predicted octanol–water partition coefficient (Wildman–Crippen LogP) is 0.274. The minimum atomic E-state index is 0. The molecule has 17 heavy (non-hydrogen) atoms. The Kier molecular flexibility index (Phi) is 5.94. The molecule has 0 atom stereocenters. The minimum absolute atomic E-state index is 0. The highest BCUT2D eigenvalue weighted by Crippen LogP contribution is 2.24. The molecule has 0 heterocycles. The lowest BCUT2D eigenvalue weighted by molar-refractivity contribution is -0.932. The Bertz CT molecular complexity index is 341. The van der Waals surface area contributed by atoms with Crippen LogP contribution in [0.1, 0.15) is 19.4 Å². The van der Waals surface area contributed by atoms with Crippen LogP contribution in [0.15, 0.2) is 43.0 Å². The molecular formula is C15H24ClN. The van der Waals surface area contributed by atoms with Crippen molar-refractivity contribution in [2.24, 2.45) is 0 Å². The van der Waals surface area contributed by atoms with Gasteiger partial charge in [0.15, 0.2) is 0 Å². The molecule has 0 fully saturated rings. The molecule has 96 valence electrons. The Balaban J connectivity index is 0.00000256. The summed E-state index contributed by atoms with van der Waals surface area (Å²) in [5.74, 6) is 0. The maximum Gasteiger partial charge on any atom is 0.0974 e. The first kappa shape index (κ1) is 16.2. The van der Waals surface area contributed by atoms with Crippen LogP contribution in [0.5, 0.6) is 0 Å². The van der Waals surface area contributed by atoms with Crippen molar-refractivity contribution in [3.63, 3.8) is 0 Å². The summed E-state index contributed by atoms with van der Waals surface area (Å²) in [4.78, 5) is 0. The van der Waals surface area contributed by atoms with Crippen molar-refractivity contribution in [2.75, 3.05) is 20.6 Å². The van der Waals surface area contributed by atoms with E-state index in [1.807, 2.05) is 6.08 Å². The lowest BCUT2D eigenvalue weighted by Crippen LogP contribution is -3.00. The summed E-state index contributed by atoms with van der Waals surface area (Å²) in [6.07, 6.45) is 3.10. The fourth-order valence-electron chi connectivity index (χ4n) is 1.88. The Morgan fingerprint density at radius 3 is 2.18 bits per heavy atom. The van der Waals surface area contributed by atoms with Gasteiger partial charge >= 0.3 is 0 Å². The van der Waals surface area contributed by atoms with Crippen molar-refractivity contribution in [3.05, 3.63) is 48.6 Å². The van der Waals surface area contributed by atoms with Crippen LogP contribution < -0.4 is 12.4 Å². The third-order valence-electron chi connectivity index (χ3n) is 3.70. The highest BCUT2D eigenvalue weighted by atomic mass is 35.5. The molecule has 0 amide bonds. The summed E-state index contributed by atoms with van der Waals surface area (Å²) >= 11 is 0. The van der Waals surface area contributed by atoms with Gasteiger partial charge < -0.3 is 16.9 Å². The van der Waals surface area contributed by atoms with Crippen LogP contribution in [0, 0.1) is 0 Å². The first-order valence-corrected chi connectivity index (χ1v) is 5.87. The summed E-state index contributed by atoms with van der Waals surface area (Å²) in [6.45, 7) is 9.50. The van der Waals surface area contributed by atoms with Crippen molar-refractivity contribution in [2.45, 2.75) is 25.8 Å². The number of quaternary nitrogens is 1. The van der Waals surface area contributed by atoms with Crippen molar-refractivity contribution in [1.29, 1.82) is 0 Å². The van der Waals surface area contributed by atoms with Gasteiger partial charge in [-0.25, -0.2) is 0 Å². The molecule has 0 radical (unpaired) electrons. The van der Waals surface area contributed by atoms with Gasteiger partial charge in [-0.1, -0.05) is 36.9 Å². The number of rotatable bonds is 5. The average Bonchev–Trinajstić information content (AvgIpc) is 2.18. The number of likely N-dealkylation sites (N-methyl/N-ethyl adjacent to an activating group) is 1. The predicted molar refractivity (Wildman–Crippen MR) is 71.4 cm³/mol. The van der Waals surface area contributed by atoms with Crippen LogP contribution in [0.3, 0.4) is 0 Å². The number of benzene rings is 1. The third kappa shape index (κ3) is 4.18. The molecule has 2 heteroatoms. The maximum absolute atomic E-state index is 3.85. The van der Waals surface area contributed by atoms with E-state index in [1.54, 1.807) is 0 Å². The largest absolute Gasteiger partial charge is 1.00 e. The van der Waals surface area contributed by atoms with Crippen LogP contribution in [0.2, 0.25) is 0 Å². The van der Waals surface area contributed by atoms with Gasteiger partial charge in [-0.2, -0.15) is 0 Å². The number of halogens is 1. The molecule has 0 aliphatic heterocycles. The third-order valence-corrected chi connectivity index (χ3v) is 3.70. The van der Waals surface area contributed by atoms with Crippen molar-refractivity contribution >= 4 is 0 Å². The molecule has 1 aromatic carbocycles. The van der Waals surface area contributed by atoms with E-state index >= 15 is 0 Å². The van der Waals surface area contributed by atoms with Crippen LogP contribution in [-0.4, -0.2) is 30.7 Å². The lowest BCUT2D eigenvalue weighted by atomic mass is 9.91. The molecule has 0 aromatic heterocycles. The molecular weight excluding hydrogens is 230 g/mol. The fourth-order valence-corrected chi connectivity index (χ4v) is 1.88. The molecule has 0 N–H and O–H groups in total. The Hall–Kier alpha value is -0.790. The first-order valence-electron chi connectivity index (χ1n) is 5.87. The average molecular weight is 254 g/mol. The van der Waals surface area contributed by atoms with Gasteiger partial charge in [0.2, 0.25) is 0 Å². The van der Waals surface area contributed by atoms with E-state index in [1.165, 1.54) is 5.56 Å². The molecule has 0 spiro atoms. The van der Waals surface area contributed by atoms with E-state index in [9.17, 15) is 0 Å². The zero-order chi connectivity index (χ0) is 12.2. The molecule has 0 aliphatic carbocycles. The highest BCUT2D eigenvalue weighted by molar-refractivity contribution is 5.16. The van der Waals surface area contributed by atoms with Crippen molar-refractivity contribution in [1.82, 2.24) is 0 Å². The van der Waals surface area contributed by atoms with Crippen LogP contribution in [0.25, 0.3) is 0 Å². The molecule has 1 aromatic rings. The van der Waals surface area contributed by atoms with E-state index in [4.69, 9.17) is 0 Å². The van der Waals surface area contributed by atoms with Gasteiger partial charge in [-0.3, -0.25) is 0 Å². The number of hydrogen-bond acceptors (Lipinski definition) is 0. The zero-order valence-electron chi connectivity index (χ0n) is 11.4. The molecule has 0 unspecified atom stereocenters. The monoisotopic (exact) mass is 253 g/mol. The minimum Gasteiger partial charge on any atom is -1.00 e. The molecule has 0 saturated carbocycles. The van der Waals surface area contributed by atoms with Crippen LogP contribution in [0.4, 0.5) is 0 Å². The van der Waals surface area contributed by atoms with E-state index in [-0.39, 0.29) is 17.9 Å². The summed E-state index contributed by atoms with van der Waals surface area (Å²) in [7, 11) is 4.54. The second-order valence-electron chi connectivity index (χ2n) is 5.63. The standard InChI is InChI=1S/C15H24N.ClH/c1-6-12-16(4,5)15(2,3)13-14-10-8-7-9-11-14;/h6-11H,1,12-13H2,2-5H3;1H/q+1;/p-1. The molecule has 1 rings (SSSR count). The maximum atomic E-state index is 3.85. The topological polar surface area (TPSA) is 0 Å². The summed E-state index contributed by atoms with van der Waals surface area (Å²) in [5.41, 5.74) is 1.62. The van der Waals surface area contributed by atoms with Gasteiger partial charge in [0.1, 0.15) is 0 Å². The van der Waals surface area contributed by atoms with Gasteiger partial charge in [-0.15, -0.1) is 0 Å². The summed E-state index contributed by atoms with van der Waals surface area (Å²) in [6, 6.07) is 10.7. The number of nitrogens with zero attached hydrogens (tertiary/aromatic N) is 1. The van der Waals surface area contributed by atoms with Crippen molar-refractivity contribution < 1.29 is 16.9 Å². The lowest BCUT2D eigenvalue weighted by Gasteiger charge is -2.44. The van der Waals surface area contributed by atoms with E-state index < -0.39 is 0 Å². The van der Waals surface area contributed by atoms with Gasteiger partial charge in [0.25, 0.3) is 0 Å². The Morgan fingerprint density at radius 2 is 1.71 bits per heavy atom. The normalized spacial score (nSPS) is 11.8. The van der Waals surface area contributed by atoms with Gasteiger partial charge in [0, 0.05) is 6.42 Å². The summed E-state index contributed by atoms with van der Waals surface area (Å²) < 4.78 is 0.964. The Labute approximate surface area is 112 Å². The van der Waals surface area contributed by atoms with Crippen molar-refractivity contribution in [3.8, 4) is 0 Å².